The minimum atomic E-state index is -0.424. The number of anilines is 1. The summed E-state index contributed by atoms with van der Waals surface area (Å²) in [6.07, 6.45) is 6.69. The number of hydrogen-bond donors (Lipinski definition) is 2. The lowest BCUT2D eigenvalue weighted by Crippen LogP contribution is -2.43. The Morgan fingerprint density at radius 3 is 2.60 bits per heavy atom. The summed E-state index contributed by atoms with van der Waals surface area (Å²) in [4.78, 5) is 17.6. The molecule has 1 saturated carbocycles. The van der Waals surface area contributed by atoms with Gasteiger partial charge in [0.2, 0.25) is 5.91 Å². The van der Waals surface area contributed by atoms with Crippen molar-refractivity contribution in [3.05, 3.63) is 23.9 Å². The minimum Gasteiger partial charge on any atom is -0.366 e. The average Bonchev–Trinajstić information content (AvgIpc) is 3.30. The molecule has 2 heterocycles. The number of nitrogens with two attached hydrogens (primary N) is 1. The highest BCUT2D eigenvalue weighted by Crippen LogP contribution is 2.28. The lowest BCUT2D eigenvalue weighted by Gasteiger charge is -2.33. The van der Waals surface area contributed by atoms with Crippen LogP contribution in [0.15, 0.2) is 18.3 Å². The van der Waals surface area contributed by atoms with Crippen molar-refractivity contribution in [3.63, 3.8) is 0 Å². The van der Waals surface area contributed by atoms with Crippen molar-refractivity contribution in [3.8, 4) is 0 Å². The zero-order chi connectivity index (χ0) is 13.9. The normalized spacial score (nSPS) is 20.1. The lowest BCUT2D eigenvalue weighted by molar-refractivity contribution is 0.1000. The predicted octanol–water partition coefficient (Wildman–Crippen LogP) is 1.15. The van der Waals surface area contributed by atoms with Gasteiger partial charge in [0.05, 0.1) is 5.56 Å². The molecule has 1 aliphatic heterocycles. The van der Waals surface area contributed by atoms with E-state index >= 15 is 0 Å². The maximum atomic E-state index is 11.0. The zero-order valence-electron chi connectivity index (χ0n) is 11.7. The Labute approximate surface area is 119 Å². The third kappa shape index (κ3) is 3.28. The van der Waals surface area contributed by atoms with Crippen LogP contribution in [0, 0.1) is 5.92 Å². The largest absolute Gasteiger partial charge is 0.366 e. The first kappa shape index (κ1) is 13.4. The zero-order valence-corrected chi connectivity index (χ0v) is 11.7. The lowest BCUT2D eigenvalue weighted by atomic mass is 10.0. The van der Waals surface area contributed by atoms with Gasteiger partial charge in [-0.15, -0.1) is 0 Å². The topological polar surface area (TPSA) is 71.2 Å². The van der Waals surface area contributed by atoms with Crippen molar-refractivity contribution >= 4 is 11.7 Å². The quantitative estimate of drug-likeness (QED) is 0.845. The van der Waals surface area contributed by atoms with E-state index in [4.69, 9.17) is 5.73 Å². The average molecular weight is 274 g/mol. The maximum absolute atomic E-state index is 11.0. The van der Waals surface area contributed by atoms with E-state index in [1.165, 1.54) is 19.4 Å². The molecule has 1 aromatic rings. The summed E-state index contributed by atoms with van der Waals surface area (Å²) in [5.41, 5.74) is 5.69. The van der Waals surface area contributed by atoms with Crippen molar-refractivity contribution in [1.29, 1.82) is 0 Å². The molecule has 0 spiro atoms. The number of primary amides is 1. The maximum Gasteiger partial charge on any atom is 0.250 e. The number of carbonyl (C=O) groups excluding carboxylic acids is 1. The number of aromatic nitrogens is 1. The number of piperidine rings is 1. The third-order valence-electron chi connectivity index (χ3n) is 4.24. The molecule has 20 heavy (non-hydrogen) atoms. The van der Waals surface area contributed by atoms with Crippen molar-refractivity contribution in [2.24, 2.45) is 11.7 Å². The van der Waals surface area contributed by atoms with E-state index in [1.807, 2.05) is 6.07 Å². The Hall–Kier alpha value is -1.62. The van der Waals surface area contributed by atoms with Crippen molar-refractivity contribution in [2.75, 3.05) is 24.5 Å². The minimum absolute atomic E-state index is 0.424. The van der Waals surface area contributed by atoms with E-state index in [9.17, 15) is 4.79 Å². The van der Waals surface area contributed by atoms with Crippen LogP contribution in [0.1, 0.15) is 36.0 Å². The molecule has 0 radical (unpaired) electrons. The number of carbonyl (C=O) groups is 1. The molecule has 0 atom stereocenters. The van der Waals surface area contributed by atoms with Gasteiger partial charge in [0.1, 0.15) is 5.82 Å². The van der Waals surface area contributed by atoms with Gasteiger partial charge in [-0.3, -0.25) is 4.79 Å². The molecule has 5 nitrogen and oxygen atoms in total. The van der Waals surface area contributed by atoms with Crippen LogP contribution in [0.5, 0.6) is 0 Å². The molecule has 0 unspecified atom stereocenters. The first-order valence-electron chi connectivity index (χ1n) is 7.46. The molecule has 0 aromatic carbocycles. The number of hydrogen-bond acceptors (Lipinski definition) is 4. The molecule has 0 bridgehead atoms. The van der Waals surface area contributed by atoms with Gasteiger partial charge in [-0.2, -0.15) is 0 Å². The molecule has 1 amide bonds. The Morgan fingerprint density at radius 1 is 1.30 bits per heavy atom. The summed E-state index contributed by atoms with van der Waals surface area (Å²) >= 11 is 0. The predicted molar refractivity (Wildman–Crippen MR) is 78.7 cm³/mol. The Bertz CT molecular complexity index is 461. The van der Waals surface area contributed by atoms with E-state index in [1.54, 1.807) is 12.3 Å². The fraction of sp³-hybridized carbons (Fsp3) is 0.600. The fourth-order valence-electron chi connectivity index (χ4n) is 2.69. The molecule has 1 saturated heterocycles. The van der Waals surface area contributed by atoms with Gasteiger partial charge in [0.25, 0.3) is 0 Å². The molecule has 108 valence electrons. The molecule has 2 fully saturated rings. The molecular formula is C15H22N4O. The monoisotopic (exact) mass is 274 g/mol. The molecule has 3 N–H and O–H groups in total. The highest BCUT2D eigenvalue weighted by atomic mass is 16.1. The van der Waals surface area contributed by atoms with E-state index < -0.39 is 5.91 Å². The second-order valence-electron chi connectivity index (χ2n) is 5.88. The number of amides is 1. The Kier molecular flexibility index (Phi) is 3.87. The summed E-state index contributed by atoms with van der Waals surface area (Å²) in [6, 6.07) is 4.29. The highest BCUT2D eigenvalue weighted by Gasteiger charge is 2.24. The van der Waals surface area contributed by atoms with Gasteiger partial charge in [-0.1, -0.05) is 0 Å². The molecular weight excluding hydrogens is 252 g/mol. The van der Waals surface area contributed by atoms with Crippen LogP contribution in [0.25, 0.3) is 0 Å². The van der Waals surface area contributed by atoms with E-state index in [0.29, 0.717) is 11.6 Å². The summed E-state index contributed by atoms with van der Waals surface area (Å²) < 4.78 is 0. The molecule has 2 aliphatic rings. The standard InChI is InChI=1S/C15H22N4O/c16-15(20)12-3-4-14(18-10-12)19-7-5-13(6-8-19)17-9-11-1-2-11/h3-4,10-11,13,17H,1-2,5-9H2,(H2,16,20). The fourth-order valence-corrected chi connectivity index (χ4v) is 2.69. The SMILES string of the molecule is NC(=O)c1ccc(N2CCC(NCC3CC3)CC2)nc1. The van der Waals surface area contributed by atoms with Crippen LogP contribution in [-0.4, -0.2) is 36.6 Å². The Morgan fingerprint density at radius 2 is 2.05 bits per heavy atom. The first-order valence-corrected chi connectivity index (χ1v) is 7.46. The van der Waals surface area contributed by atoms with E-state index in [2.05, 4.69) is 15.2 Å². The van der Waals surface area contributed by atoms with E-state index in [-0.39, 0.29) is 0 Å². The van der Waals surface area contributed by atoms with Gasteiger partial charge in [0, 0.05) is 25.3 Å². The number of rotatable bonds is 5. The second kappa shape index (κ2) is 5.79. The van der Waals surface area contributed by atoms with Gasteiger partial charge in [-0.25, -0.2) is 4.98 Å². The molecule has 5 heteroatoms. The first-order chi connectivity index (χ1) is 9.72. The second-order valence-corrected chi connectivity index (χ2v) is 5.88. The van der Waals surface area contributed by atoms with Crippen LogP contribution < -0.4 is 16.0 Å². The van der Waals surface area contributed by atoms with E-state index in [0.717, 1.165) is 37.7 Å². The highest BCUT2D eigenvalue weighted by molar-refractivity contribution is 5.92. The summed E-state index contributed by atoms with van der Waals surface area (Å²) in [6.45, 7) is 3.23. The molecule has 1 aliphatic carbocycles. The van der Waals surface area contributed by atoms with Crippen LogP contribution >= 0.6 is 0 Å². The third-order valence-corrected chi connectivity index (χ3v) is 4.24. The van der Waals surface area contributed by atoms with Crippen LogP contribution in [0.3, 0.4) is 0 Å². The number of nitrogens with one attached hydrogen (secondary N) is 1. The van der Waals surface area contributed by atoms with Crippen molar-refractivity contribution in [2.45, 2.75) is 31.7 Å². The smallest absolute Gasteiger partial charge is 0.250 e. The van der Waals surface area contributed by atoms with Crippen molar-refractivity contribution in [1.82, 2.24) is 10.3 Å². The van der Waals surface area contributed by atoms with Gasteiger partial charge < -0.3 is 16.0 Å². The van der Waals surface area contributed by atoms with Crippen LogP contribution in [0.2, 0.25) is 0 Å². The summed E-state index contributed by atoms with van der Waals surface area (Å²) in [5.74, 6) is 1.46. The van der Waals surface area contributed by atoms with Crippen LogP contribution in [-0.2, 0) is 0 Å². The summed E-state index contributed by atoms with van der Waals surface area (Å²) in [7, 11) is 0. The molecule has 3 rings (SSSR count). The van der Waals surface area contributed by atoms with Gasteiger partial charge in [-0.05, 0) is 50.3 Å². The molecule has 1 aromatic heterocycles. The van der Waals surface area contributed by atoms with Crippen molar-refractivity contribution < 1.29 is 4.79 Å². The van der Waals surface area contributed by atoms with Gasteiger partial charge in [0.15, 0.2) is 0 Å². The van der Waals surface area contributed by atoms with Gasteiger partial charge >= 0.3 is 0 Å². The summed E-state index contributed by atoms with van der Waals surface area (Å²) in [5, 5.41) is 3.67. The number of nitrogens with zero attached hydrogens (tertiary/aromatic N) is 2. The van der Waals surface area contributed by atoms with Crippen LogP contribution in [0.4, 0.5) is 5.82 Å². The Balaban J connectivity index is 1.50. The number of pyridine rings is 1.